The predicted octanol–water partition coefficient (Wildman–Crippen LogP) is 0.702. The van der Waals surface area contributed by atoms with Crippen LogP contribution in [0.15, 0.2) is 29.4 Å². The second kappa shape index (κ2) is 4.76. The molecule has 0 spiro atoms. The summed E-state index contributed by atoms with van der Waals surface area (Å²) in [7, 11) is -3.94. The Labute approximate surface area is 108 Å². The van der Waals surface area contributed by atoms with Gasteiger partial charge in [-0.3, -0.25) is 0 Å². The molecule has 3 N–H and O–H groups in total. The van der Waals surface area contributed by atoms with Gasteiger partial charge in [0.15, 0.2) is 0 Å². The van der Waals surface area contributed by atoms with Crippen LogP contribution in [-0.4, -0.2) is 23.6 Å². The molecule has 0 saturated heterocycles. The van der Waals surface area contributed by atoms with Crippen LogP contribution in [-0.2, 0) is 10.0 Å². The lowest BCUT2D eigenvalue weighted by atomic mass is 10.2. The van der Waals surface area contributed by atoms with Crippen molar-refractivity contribution in [2.24, 2.45) is 0 Å². The molecule has 0 radical (unpaired) electrons. The summed E-state index contributed by atoms with van der Waals surface area (Å²) in [6, 6.07) is 2.20. The van der Waals surface area contributed by atoms with E-state index in [1.54, 1.807) is 0 Å². The minimum absolute atomic E-state index is 0.132. The summed E-state index contributed by atoms with van der Waals surface area (Å²) in [6.45, 7) is 1.42. The Morgan fingerprint density at radius 2 is 2.05 bits per heavy atom. The van der Waals surface area contributed by atoms with Crippen LogP contribution >= 0.6 is 0 Å². The number of aryl methyl sites for hydroxylation is 1. The number of nitrogens with two attached hydrogens (primary N) is 1. The van der Waals surface area contributed by atoms with Crippen molar-refractivity contribution in [2.75, 3.05) is 10.5 Å². The molecular formula is C10H10FN5O2S. The maximum atomic E-state index is 13.4. The second-order valence-electron chi connectivity index (χ2n) is 3.72. The molecule has 2 aromatic rings. The van der Waals surface area contributed by atoms with E-state index in [0.29, 0.717) is 0 Å². The van der Waals surface area contributed by atoms with E-state index in [0.717, 1.165) is 6.07 Å². The summed E-state index contributed by atoms with van der Waals surface area (Å²) in [6.07, 6.45) is 2.59. The van der Waals surface area contributed by atoms with E-state index in [4.69, 9.17) is 5.73 Å². The van der Waals surface area contributed by atoms with Crippen molar-refractivity contribution in [3.8, 4) is 0 Å². The molecule has 9 heteroatoms. The van der Waals surface area contributed by atoms with Gasteiger partial charge in [0.2, 0.25) is 0 Å². The van der Waals surface area contributed by atoms with Crippen LogP contribution in [0.1, 0.15) is 5.56 Å². The second-order valence-corrected chi connectivity index (χ2v) is 5.40. The van der Waals surface area contributed by atoms with Gasteiger partial charge < -0.3 is 5.73 Å². The van der Waals surface area contributed by atoms with Gasteiger partial charge in [0, 0.05) is 0 Å². The number of benzene rings is 1. The summed E-state index contributed by atoms with van der Waals surface area (Å²) in [5, 5.41) is 6.98. The SMILES string of the molecule is Cc1cc(S(=O)(=O)Nc2nccnn2)cc(N)c1F. The molecule has 0 bridgehead atoms. The van der Waals surface area contributed by atoms with E-state index < -0.39 is 15.8 Å². The third-order valence-corrected chi connectivity index (χ3v) is 3.58. The number of nitrogen functional groups attached to an aromatic ring is 1. The molecule has 0 aliphatic carbocycles. The minimum atomic E-state index is -3.94. The van der Waals surface area contributed by atoms with Gasteiger partial charge >= 0.3 is 0 Å². The van der Waals surface area contributed by atoms with E-state index in [1.165, 1.54) is 25.4 Å². The molecule has 0 amide bonds. The summed E-state index contributed by atoms with van der Waals surface area (Å²) >= 11 is 0. The number of sulfonamides is 1. The summed E-state index contributed by atoms with van der Waals surface area (Å²) in [5.74, 6) is -0.820. The lowest BCUT2D eigenvalue weighted by Crippen LogP contribution is -2.16. The Balaban J connectivity index is 2.40. The Hall–Kier alpha value is -2.29. The first-order valence-electron chi connectivity index (χ1n) is 5.12. The number of hydrogen-bond donors (Lipinski definition) is 2. The first-order chi connectivity index (χ1) is 8.90. The molecule has 0 saturated carbocycles. The average molecular weight is 283 g/mol. The lowest BCUT2D eigenvalue weighted by Gasteiger charge is -2.08. The van der Waals surface area contributed by atoms with E-state index in [9.17, 15) is 12.8 Å². The van der Waals surface area contributed by atoms with Crippen LogP contribution in [0.2, 0.25) is 0 Å². The third kappa shape index (κ3) is 2.76. The zero-order chi connectivity index (χ0) is 14.0. The largest absolute Gasteiger partial charge is 0.396 e. The van der Waals surface area contributed by atoms with Crippen LogP contribution in [0.4, 0.5) is 16.0 Å². The van der Waals surface area contributed by atoms with Crippen molar-refractivity contribution < 1.29 is 12.8 Å². The quantitative estimate of drug-likeness (QED) is 0.802. The molecule has 19 heavy (non-hydrogen) atoms. The maximum absolute atomic E-state index is 13.4. The maximum Gasteiger partial charge on any atom is 0.264 e. The Morgan fingerprint density at radius 1 is 1.32 bits per heavy atom. The number of hydrogen-bond acceptors (Lipinski definition) is 6. The first-order valence-corrected chi connectivity index (χ1v) is 6.60. The van der Waals surface area contributed by atoms with Gasteiger partial charge in [-0.1, -0.05) is 0 Å². The first kappa shape index (κ1) is 13.1. The van der Waals surface area contributed by atoms with E-state index in [2.05, 4.69) is 19.9 Å². The smallest absolute Gasteiger partial charge is 0.264 e. The van der Waals surface area contributed by atoms with Gasteiger partial charge in [0.25, 0.3) is 16.0 Å². The molecular weight excluding hydrogens is 273 g/mol. The highest BCUT2D eigenvalue weighted by Gasteiger charge is 2.18. The van der Waals surface area contributed by atoms with Crippen molar-refractivity contribution in [3.63, 3.8) is 0 Å². The summed E-state index contributed by atoms with van der Waals surface area (Å²) in [5.41, 5.74) is 5.29. The zero-order valence-electron chi connectivity index (χ0n) is 9.83. The van der Waals surface area contributed by atoms with Crippen LogP contribution < -0.4 is 10.5 Å². The fourth-order valence-corrected chi connectivity index (χ4v) is 2.46. The summed E-state index contributed by atoms with van der Waals surface area (Å²) in [4.78, 5) is 3.51. The molecule has 2 rings (SSSR count). The number of halogens is 1. The molecule has 0 aliphatic heterocycles. The molecule has 1 aromatic heterocycles. The van der Waals surface area contributed by atoms with Crippen LogP contribution in [0, 0.1) is 12.7 Å². The van der Waals surface area contributed by atoms with Gasteiger partial charge in [-0.25, -0.2) is 22.5 Å². The monoisotopic (exact) mass is 283 g/mol. The third-order valence-electron chi connectivity index (χ3n) is 2.27. The molecule has 1 heterocycles. The highest BCUT2D eigenvalue weighted by atomic mass is 32.2. The number of rotatable bonds is 3. The number of anilines is 2. The Kier molecular flexibility index (Phi) is 3.30. The van der Waals surface area contributed by atoms with Crippen molar-refractivity contribution in [1.82, 2.24) is 15.2 Å². The van der Waals surface area contributed by atoms with Crippen molar-refractivity contribution in [2.45, 2.75) is 11.8 Å². The number of nitrogens with zero attached hydrogens (tertiary/aromatic N) is 3. The lowest BCUT2D eigenvalue weighted by molar-refractivity contribution is 0.598. The minimum Gasteiger partial charge on any atom is -0.396 e. The van der Waals surface area contributed by atoms with Gasteiger partial charge in [0.1, 0.15) is 5.82 Å². The van der Waals surface area contributed by atoms with E-state index in [1.807, 2.05) is 0 Å². The van der Waals surface area contributed by atoms with E-state index in [-0.39, 0.29) is 22.1 Å². The van der Waals surface area contributed by atoms with Gasteiger partial charge in [-0.15, -0.1) is 5.10 Å². The zero-order valence-corrected chi connectivity index (χ0v) is 10.6. The highest BCUT2D eigenvalue weighted by molar-refractivity contribution is 7.92. The van der Waals surface area contributed by atoms with Gasteiger partial charge in [0.05, 0.1) is 23.0 Å². The molecule has 7 nitrogen and oxygen atoms in total. The fraction of sp³-hybridized carbons (Fsp3) is 0.100. The standard InChI is InChI=1S/C10H10FN5O2S/c1-6-4-7(5-8(12)9(6)11)19(17,18)16-10-13-2-3-14-15-10/h2-5H,12H2,1H3,(H,13,15,16). The number of aromatic nitrogens is 3. The topological polar surface area (TPSA) is 111 Å². The van der Waals surface area contributed by atoms with E-state index >= 15 is 0 Å². The fourth-order valence-electron chi connectivity index (χ4n) is 1.39. The highest BCUT2D eigenvalue weighted by Crippen LogP contribution is 2.21. The van der Waals surface area contributed by atoms with Crippen LogP contribution in [0.5, 0.6) is 0 Å². The molecule has 0 aliphatic rings. The molecule has 100 valence electrons. The molecule has 1 aromatic carbocycles. The van der Waals surface area contributed by atoms with Crippen LogP contribution in [0.3, 0.4) is 0 Å². The number of nitrogens with one attached hydrogen (secondary N) is 1. The van der Waals surface area contributed by atoms with Gasteiger partial charge in [-0.05, 0) is 24.6 Å². The molecule has 0 fully saturated rings. The average Bonchev–Trinajstić information content (AvgIpc) is 2.36. The predicted molar refractivity (Wildman–Crippen MR) is 66.2 cm³/mol. The van der Waals surface area contributed by atoms with Crippen molar-refractivity contribution in [1.29, 1.82) is 0 Å². The Morgan fingerprint density at radius 3 is 2.63 bits per heavy atom. The normalized spacial score (nSPS) is 11.3. The van der Waals surface area contributed by atoms with Gasteiger partial charge in [-0.2, -0.15) is 5.10 Å². The molecule has 0 atom stereocenters. The Bertz CT molecular complexity index is 682. The van der Waals surface area contributed by atoms with Crippen molar-refractivity contribution >= 4 is 21.7 Å². The summed E-state index contributed by atoms with van der Waals surface area (Å²) < 4.78 is 39.5. The van der Waals surface area contributed by atoms with Crippen molar-refractivity contribution in [3.05, 3.63) is 35.9 Å². The van der Waals surface area contributed by atoms with Crippen LogP contribution in [0.25, 0.3) is 0 Å². The molecule has 0 unspecified atom stereocenters.